The predicted octanol–water partition coefficient (Wildman–Crippen LogP) is 3.49. The quantitative estimate of drug-likeness (QED) is 0.790. The van der Waals surface area contributed by atoms with Crippen molar-refractivity contribution >= 4 is 23.2 Å². The summed E-state index contributed by atoms with van der Waals surface area (Å²) in [6, 6.07) is 12.6. The first-order valence-corrected chi connectivity index (χ1v) is 11.3. The highest BCUT2D eigenvalue weighted by Crippen LogP contribution is 2.37. The highest BCUT2D eigenvalue weighted by atomic mass is 32.1. The van der Waals surface area contributed by atoms with Gasteiger partial charge in [-0.15, -0.1) is 11.3 Å². The van der Waals surface area contributed by atoms with Gasteiger partial charge in [-0.25, -0.2) is 0 Å². The van der Waals surface area contributed by atoms with Gasteiger partial charge in [0.25, 0.3) is 5.91 Å². The molecule has 0 radical (unpaired) electrons. The summed E-state index contributed by atoms with van der Waals surface area (Å²) in [6.07, 6.45) is 2.70. The fraction of sp³-hybridized carbons (Fsp3) is 0.478. The van der Waals surface area contributed by atoms with Crippen LogP contribution >= 0.6 is 11.3 Å². The molecular weight excluding hydrogens is 384 g/mol. The second-order valence-corrected chi connectivity index (χ2v) is 8.95. The monoisotopic (exact) mass is 412 g/mol. The Morgan fingerprint density at radius 2 is 2.21 bits per heavy atom. The molecule has 6 heteroatoms. The number of nitrogens with one attached hydrogen (secondary N) is 1. The van der Waals surface area contributed by atoms with Crippen LogP contribution in [0.5, 0.6) is 0 Å². The Morgan fingerprint density at radius 3 is 2.93 bits per heavy atom. The molecule has 5 nitrogen and oxygen atoms in total. The number of hydrogen-bond donors (Lipinski definition) is 1. The van der Waals surface area contributed by atoms with Gasteiger partial charge in [0, 0.05) is 31.1 Å². The van der Waals surface area contributed by atoms with Crippen molar-refractivity contribution in [3.05, 3.63) is 47.3 Å². The van der Waals surface area contributed by atoms with E-state index in [1.165, 1.54) is 10.4 Å². The predicted molar refractivity (Wildman–Crippen MR) is 115 cm³/mol. The average Bonchev–Trinajstić information content (AvgIpc) is 3.49. The molecule has 0 aliphatic carbocycles. The maximum Gasteiger partial charge on any atom is 0.251 e. The number of carbonyl (C=O) groups is 2. The van der Waals surface area contributed by atoms with Gasteiger partial charge in [0.1, 0.15) is 6.10 Å². The van der Waals surface area contributed by atoms with Crippen molar-refractivity contribution in [3.8, 4) is 10.4 Å². The molecule has 0 spiro atoms. The Hall–Kier alpha value is -2.18. The molecule has 2 saturated heterocycles. The molecule has 1 aromatic carbocycles. The molecule has 2 atom stereocenters. The zero-order valence-corrected chi connectivity index (χ0v) is 17.7. The van der Waals surface area contributed by atoms with E-state index in [0.29, 0.717) is 39.1 Å². The zero-order chi connectivity index (χ0) is 20.3. The summed E-state index contributed by atoms with van der Waals surface area (Å²) in [4.78, 5) is 29.0. The molecule has 1 N–H and O–H groups in total. The summed E-state index contributed by atoms with van der Waals surface area (Å²) in [5.41, 5.74) is 1.72. The molecule has 2 aliphatic heterocycles. The van der Waals surface area contributed by atoms with Gasteiger partial charge in [0.15, 0.2) is 0 Å². The Morgan fingerprint density at radius 1 is 1.31 bits per heavy atom. The molecule has 2 aliphatic rings. The van der Waals surface area contributed by atoms with Crippen LogP contribution in [0.25, 0.3) is 10.4 Å². The second kappa shape index (κ2) is 8.67. The molecule has 154 valence electrons. The Labute approximate surface area is 176 Å². The molecular formula is C23H28N2O3S. The van der Waals surface area contributed by atoms with E-state index in [9.17, 15) is 9.59 Å². The molecule has 1 aromatic heterocycles. The molecule has 29 heavy (non-hydrogen) atoms. The molecule has 2 fully saturated rings. The number of thiophene rings is 1. The van der Waals surface area contributed by atoms with Crippen LogP contribution in [0.15, 0.2) is 41.8 Å². The van der Waals surface area contributed by atoms with Crippen LogP contribution in [0.1, 0.15) is 31.7 Å². The van der Waals surface area contributed by atoms with Crippen LogP contribution in [-0.4, -0.2) is 49.1 Å². The summed E-state index contributed by atoms with van der Waals surface area (Å²) in [7, 11) is 0. The molecule has 2 aromatic rings. The summed E-state index contributed by atoms with van der Waals surface area (Å²) in [6.45, 7) is 4.26. The lowest BCUT2D eigenvalue weighted by atomic mass is 9.79. The Balaban J connectivity index is 1.56. The molecule has 0 bridgehead atoms. The van der Waals surface area contributed by atoms with E-state index < -0.39 is 5.41 Å². The van der Waals surface area contributed by atoms with Crippen LogP contribution in [0.3, 0.4) is 0 Å². The summed E-state index contributed by atoms with van der Waals surface area (Å²) >= 11 is 1.71. The van der Waals surface area contributed by atoms with E-state index in [0.717, 1.165) is 18.4 Å². The topological polar surface area (TPSA) is 58.6 Å². The smallest absolute Gasteiger partial charge is 0.251 e. The average molecular weight is 413 g/mol. The third kappa shape index (κ3) is 4.23. The Kier molecular flexibility index (Phi) is 6.01. The second-order valence-electron chi connectivity index (χ2n) is 8.01. The highest BCUT2D eigenvalue weighted by molar-refractivity contribution is 7.13. The largest absolute Gasteiger partial charge is 0.368 e. The van der Waals surface area contributed by atoms with E-state index in [4.69, 9.17) is 4.74 Å². The van der Waals surface area contributed by atoms with Gasteiger partial charge in [-0.3, -0.25) is 9.59 Å². The standard InChI is InChI=1S/C23H28N2O3S/c1-2-24-22(27)23(10-11-25(16-23)21(26)19-8-4-12-28-19)15-17-6-3-7-18(14-17)20-9-5-13-29-20/h3,5-7,9,13-14,19H,2,4,8,10-12,15-16H2,1H3,(H,24,27)/t19-,23+/m1/s1. The third-order valence-electron chi connectivity index (χ3n) is 5.96. The summed E-state index contributed by atoms with van der Waals surface area (Å²) in [5, 5.41) is 5.09. The number of benzene rings is 1. The van der Waals surface area contributed by atoms with E-state index in [1.54, 1.807) is 11.3 Å². The van der Waals surface area contributed by atoms with Crippen LogP contribution in [0, 0.1) is 5.41 Å². The first kappa shape index (κ1) is 20.1. The lowest BCUT2D eigenvalue weighted by molar-refractivity contribution is -0.141. The van der Waals surface area contributed by atoms with E-state index in [1.807, 2.05) is 11.8 Å². The normalized spacial score (nSPS) is 24.0. The molecule has 0 unspecified atom stereocenters. The number of nitrogens with zero attached hydrogens (tertiary/aromatic N) is 1. The molecule has 3 heterocycles. The van der Waals surface area contributed by atoms with Crippen LogP contribution < -0.4 is 5.32 Å². The van der Waals surface area contributed by atoms with Crippen LogP contribution in [0.4, 0.5) is 0 Å². The van der Waals surface area contributed by atoms with Crippen molar-refractivity contribution < 1.29 is 14.3 Å². The van der Waals surface area contributed by atoms with E-state index in [-0.39, 0.29) is 17.9 Å². The minimum absolute atomic E-state index is 0.0426. The van der Waals surface area contributed by atoms with Crippen molar-refractivity contribution in [2.45, 2.75) is 38.7 Å². The Bertz CT molecular complexity index is 861. The maximum absolute atomic E-state index is 13.1. The number of rotatable bonds is 6. The molecule has 2 amide bonds. The molecule has 0 saturated carbocycles. The van der Waals surface area contributed by atoms with Crippen LogP contribution in [0.2, 0.25) is 0 Å². The van der Waals surface area contributed by atoms with Gasteiger partial charge in [-0.1, -0.05) is 30.3 Å². The fourth-order valence-corrected chi connectivity index (χ4v) is 5.19. The van der Waals surface area contributed by atoms with Crippen molar-refractivity contribution in [1.29, 1.82) is 0 Å². The van der Waals surface area contributed by atoms with Gasteiger partial charge in [0.2, 0.25) is 5.91 Å². The first-order valence-electron chi connectivity index (χ1n) is 10.4. The third-order valence-corrected chi connectivity index (χ3v) is 6.88. The van der Waals surface area contributed by atoms with E-state index >= 15 is 0 Å². The number of amides is 2. The van der Waals surface area contributed by atoms with Gasteiger partial charge >= 0.3 is 0 Å². The minimum atomic E-state index is -0.585. The lowest BCUT2D eigenvalue weighted by Gasteiger charge is -2.29. The van der Waals surface area contributed by atoms with Crippen molar-refractivity contribution in [3.63, 3.8) is 0 Å². The molecule has 4 rings (SSSR count). The first-order chi connectivity index (χ1) is 14.1. The number of hydrogen-bond acceptors (Lipinski definition) is 4. The summed E-state index contributed by atoms with van der Waals surface area (Å²) < 4.78 is 5.59. The summed E-state index contributed by atoms with van der Waals surface area (Å²) in [5.74, 6) is 0.0881. The fourth-order valence-electron chi connectivity index (χ4n) is 4.46. The van der Waals surface area contributed by atoms with Crippen LogP contribution in [-0.2, 0) is 20.7 Å². The van der Waals surface area contributed by atoms with Crippen molar-refractivity contribution in [2.24, 2.45) is 5.41 Å². The van der Waals surface area contributed by atoms with Gasteiger partial charge in [0.05, 0.1) is 5.41 Å². The van der Waals surface area contributed by atoms with Gasteiger partial charge in [-0.05, 0) is 55.2 Å². The van der Waals surface area contributed by atoms with E-state index in [2.05, 4.69) is 47.1 Å². The number of ether oxygens (including phenoxy) is 1. The SMILES string of the molecule is CCNC(=O)[C@]1(Cc2cccc(-c3cccs3)c2)CCN(C(=O)[C@H]2CCCO2)C1. The maximum atomic E-state index is 13.1. The van der Waals surface area contributed by atoms with Gasteiger partial charge in [-0.2, -0.15) is 0 Å². The lowest BCUT2D eigenvalue weighted by Crippen LogP contribution is -2.46. The zero-order valence-electron chi connectivity index (χ0n) is 16.9. The van der Waals surface area contributed by atoms with Crippen molar-refractivity contribution in [1.82, 2.24) is 10.2 Å². The number of carbonyl (C=O) groups excluding carboxylic acids is 2. The number of likely N-dealkylation sites (tertiary alicyclic amines) is 1. The minimum Gasteiger partial charge on any atom is -0.368 e. The highest BCUT2D eigenvalue weighted by Gasteiger charge is 2.47. The van der Waals surface area contributed by atoms with Crippen molar-refractivity contribution in [2.75, 3.05) is 26.2 Å². The van der Waals surface area contributed by atoms with Gasteiger partial charge < -0.3 is 15.0 Å².